The quantitative estimate of drug-likeness (QED) is 0.798. The second kappa shape index (κ2) is 4.40. The molecule has 0 amide bonds. The predicted molar refractivity (Wildman–Crippen MR) is 80.1 cm³/mol. The van der Waals surface area contributed by atoms with Gasteiger partial charge in [0.15, 0.2) is 5.70 Å². The minimum absolute atomic E-state index is 0.467. The van der Waals surface area contributed by atoms with Crippen LogP contribution in [0.5, 0.6) is 5.75 Å². The van der Waals surface area contributed by atoms with Gasteiger partial charge in [-0.15, -0.1) is 0 Å². The number of pyridine rings is 1. The Kier molecular flexibility index (Phi) is 2.60. The Hall–Kier alpha value is -2.70. The molecule has 0 N–H and O–H groups in total. The van der Waals surface area contributed by atoms with E-state index in [1.54, 1.807) is 49.7 Å². The zero-order chi connectivity index (χ0) is 15.3. The third kappa shape index (κ3) is 1.62. The molecule has 7 heteroatoms. The number of hydrogen-bond acceptors (Lipinski definition) is 2. The highest BCUT2D eigenvalue weighted by molar-refractivity contribution is 6.57. The fraction of sp³-hybridized carbons (Fsp3) is 0.0667. The number of nitrogens with zero attached hydrogens (tertiary/aromatic N) is 3. The van der Waals surface area contributed by atoms with E-state index in [4.69, 9.17) is 4.74 Å². The molecular weight excluding hydrogens is 287 g/mol. The molecule has 110 valence electrons. The predicted octanol–water partition coefficient (Wildman–Crippen LogP) is 2.54. The second-order valence-electron chi connectivity index (χ2n) is 5.15. The van der Waals surface area contributed by atoms with Crippen LogP contribution in [0.25, 0.3) is 5.57 Å². The van der Waals surface area contributed by atoms with Gasteiger partial charge in [0, 0.05) is 17.8 Å². The topological polar surface area (TPSA) is 30.1 Å². The van der Waals surface area contributed by atoms with Crippen molar-refractivity contribution in [3.8, 4) is 5.75 Å². The first-order valence-corrected chi connectivity index (χ1v) is 6.87. The van der Waals surface area contributed by atoms with Gasteiger partial charge in [-0.25, -0.2) is 0 Å². The SMILES string of the molecule is COc1ccc(C2=C3C=CC=[N+]3[B-](F)(F)n3cccc32)nc1. The molecule has 0 aliphatic carbocycles. The first-order chi connectivity index (χ1) is 10.6. The van der Waals surface area contributed by atoms with Crippen LogP contribution < -0.4 is 4.74 Å². The summed E-state index contributed by atoms with van der Waals surface area (Å²) in [7, 11) is 1.56. The van der Waals surface area contributed by atoms with E-state index in [0.717, 1.165) is 8.96 Å². The third-order valence-corrected chi connectivity index (χ3v) is 3.97. The van der Waals surface area contributed by atoms with Crippen molar-refractivity contribution in [2.75, 3.05) is 7.11 Å². The molecule has 4 nitrogen and oxygen atoms in total. The third-order valence-electron chi connectivity index (χ3n) is 3.97. The largest absolute Gasteiger partial charge is 0.737 e. The van der Waals surface area contributed by atoms with Crippen molar-refractivity contribution < 1.29 is 17.9 Å². The van der Waals surface area contributed by atoms with E-state index in [1.807, 2.05) is 0 Å². The molecule has 0 saturated heterocycles. The van der Waals surface area contributed by atoms with Gasteiger partial charge in [0.25, 0.3) is 0 Å². The molecule has 2 aliphatic heterocycles. The number of allylic oxidation sites excluding steroid dienone is 2. The van der Waals surface area contributed by atoms with E-state index >= 15 is 0 Å². The summed E-state index contributed by atoms with van der Waals surface area (Å²) in [5.74, 6) is 0.625. The molecule has 0 atom stereocenters. The summed E-state index contributed by atoms with van der Waals surface area (Å²) < 4.78 is 36.3. The van der Waals surface area contributed by atoms with Crippen molar-refractivity contribution in [1.29, 1.82) is 0 Å². The van der Waals surface area contributed by atoms with E-state index in [0.29, 0.717) is 28.4 Å². The highest BCUT2D eigenvalue weighted by Crippen LogP contribution is 2.37. The first kappa shape index (κ1) is 13.0. The standard InChI is InChI=1S/C15H12BF2N3O/c1-22-11-6-7-12(19-10-11)15-13-4-2-8-20(13)16(17,18)21-9-3-5-14(15)21/h2-10H,1H3. The Morgan fingerprint density at radius 1 is 1.27 bits per heavy atom. The van der Waals surface area contributed by atoms with Gasteiger partial charge in [0.2, 0.25) is 0 Å². The fourth-order valence-electron chi connectivity index (χ4n) is 2.93. The van der Waals surface area contributed by atoms with Crippen LogP contribution >= 0.6 is 0 Å². The Bertz CT molecular complexity index is 850. The molecule has 2 aromatic rings. The molecule has 22 heavy (non-hydrogen) atoms. The second-order valence-corrected chi connectivity index (χ2v) is 5.15. The Balaban J connectivity index is 1.98. The van der Waals surface area contributed by atoms with Crippen molar-refractivity contribution in [1.82, 2.24) is 9.46 Å². The van der Waals surface area contributed by atoms with E-state index in [1.165, 1.54) is 12.4 Å². The number of aromatic nitrogens is 2. The number of rotatable bonds is 2. The Morgan fingerprint density at radius 2 is 2.14 bits per heavy atom. The molecule has 0 spiro atoms. The maximum absolute atomic E-state index is 14.6. The molecule has 0 bridgehead atoms. The molecule has 0 saturated carbocycles. The van der Waals surface area contributed by atoms with Crippen molar-refractivity contribution in [2.45, 2.75) is 0 Å². The highest BCUT2D eigenvalue weighted by atomic mass is 19.2. The lowest BCUT2D eigenvalue weighted by Gasteiger charge is -2.30. The summed E-state index contributed by atoms with van der Waals surface area (Å²) in [6.07, 6.45) is 7.71. The van der Waals surface area contributed by atoms with Crippen molar-refractivity contribution in [3.63, 3.8) is 0 Å². The molecule has 0 unspecified atom stereocenters. The Labute approximate surface area is 125 Å². The van der Waals surface area contributed by atoms with Crippen LogP contribution in [0.4, 0.5) is 8.63 Å². The number of fused-ring (bicyclic) bond motifs is 2. The summed E-state index contributed by atoms with van der Waals surface area (Å²) in [6.45, 7) is -3.86. The normalized spacial score (nSPS) is 18.0. The van der Waals surface area contributed by atoms with Crippen molar-refractivity contribution in [3.05, 3.63) is 65.9 Å². The monoisotopic (exact) mass is 299 g/mol. The van der Waals surface area contributed by atoms with Crippen molar-refractivity contribution in [2.24, 2.45) is 0 Å². The van der Waals surface area contributed by atoms with Gasteiger partial charge in [0.05, 0.1) is 24.6 Å². The molecule has 2 aliphatic rings. The average molecular weight is 299 g/mol. The van der Waals surface area contributed by atoms with Gasteiger partial charge in [0.1, 0.15) is 12.0 Å². The minimum Gasteiger partial charge on any atom is -0.495 e. The minimum atomic E-state index is -3.86. The van der Waals surface area contributed by atoms with Gasteiger partial charge < -0.3 is 22.3 Å². The average Bonchev–Trinajstić information content (AvgIpc) is 3.18. The number of halogens is 2. The van der Waals surface area contributed by atoms with Crippen LogP contribution in [0.2, 0.25) is 0 Å². The van der Waals surface area contributed by atoms with Crippen LogP contribution in [-0.4, -0.2) is 34.2 Å². The zero-order valence-electron chi connectivity index (χ0n) is 11.8. The zero-order valence-corrected chi connectivity index (χ0v) is 11.8. The molecule has 4 rings (SSSR count). The molecule has 4 heterocycles. The number of hydrogen-bond donors (Lipinski definition) is 0. The molecular formula is C15H12BF2N3O. The lowest BCUT2D eigenvalue weighted by atomic mass is 9.88. The fourth-order valence-corrected chi connectivity index (χ4v) is 2.93. The van der Waals surface area contributed by atoms with Crippen LogP contribution in [0, 0.1) is 0 Å². The van der Waals surface area contributed by atoms with Gasteiger partial charge >= 0.3 is 6.97 Å². The first-order valence-electron chi connectivity index (χ1n) is 6.87. The Morgan fingerprint density at radius 3 is 2.86 bits per heavy atom. The van der Waals surface area contributed by atoms with Crippen LogP contribution in [-0.2, 0) is 0 Å². The van der Waals surface area contributed by atoms with Crippen molar-refractivity contribution >= 4 is 18.8 Å². The van der Waals surface area contributed by atoms with Gasteiger partial charge in [-0.05, 0) is 30.5 Å². The summed E-state index contributed by atoms with van der Waals surface area (Å²) in [5.41, 5.74) is 2.25. The molecule has 2 aromatic heterocycles. The van der Waals surface area contributed by atoms with E-state index in [9.17, 15) is 8.63 Å². The lowest BCUT2D eigenvalue weighted by molar-refractivity contribution is -0.356. The van der Waals surface area contributed by atoms with Crippen LogP contribution in [0.1, 0.15) is 11.4 Å². The maximum atomic E-state index is 14.6. The van der Waals surface area contributed by atoms with E-state index in [-0.39, 0.29) is 0 Å². The number of ether oxygens (including phenoxy) is 1. The smallest absolute Gasteiger partial charge is 0.495 e. The number of methoxy groups -OCH3 is 1. The molecule has 0 fully saturated rings. The van der Waals surface area contributed by atoms with Gasteiger partial charge in [-0.1, -0.05) is 0 Å². The summed E-state index contributed by atoms with van der Waals surface area (Å²) in [5, 5.41) is 0. The summed E-state index contributed by atoms with van der Waals surface area (Å²) in [6, 6.07) is 6.86. The summed E-state index contributed by atoms with van der Waals surface area (Å²) >= 11 is 0. The van der Waals surface area contributed by atoms with Crippen LogP contribution in [0.15, 0.2) is 54.5 Å². The molecule has 0 radical (unpaired) electrons. The molecule has 0 aromatic carbocycles. The van der Waals surface area contributed by atoms with Gasteiger partial charge in [-0.2, -0.15) is 0 Å². The highest BCUT2D eigenvalue weighted by Gasteiger charge is 2.51. The van der Waals surface area contributed by atoms with E-state index < -0.39 is 6.97 Å². The maximum Gasteiger partial charge on any atom is 0.737 e. The van der Waals surface area contributed by atoms with Gasteiger partial charge in [-0.3, -0.25) is 4.98 Å². The van der Waals surface area contributed by atoms with E-state index in [2.05, 4.69) is 4.98 Å². The summed E-state index contributed by atoms with van der Waals surface area (Å²) in [4.78, 5) is 4.35. The van der Waals surface area contributed by atoms with Crippen LogP contribution in [0.3, 0.4) is 0 Å². The lowest BCUT2D eigenvalue weighted by Crippen LogP contribution is -2.49.